The standard InChI is InChI=1S/C16H22FNO3/c1-3-6-16(15(19)20)7-8-18(11-16)10-12-4-5-14(21-2)13(17)9-12/h4-5,9H,3,6-8,10-11H2,1-2H3,(H,19,20). The van der Waals surface area contributed by atoms with Crippen LogP contribution in [0.25, 0.3) is 0 Å². The van der Waals surface area contributed by atoms with Crippen molar-refractivity contribution in [1.29, 1.82) is 0 Å². The minimum absolute atomic E-state index is 0.228. The van der Waals surface area contributed by atoms with E-state index in [0.29, 0.717) is 25.9 Å². The highest BCUT2D eigenvalue weighted by atomic mass is 19.1. The molecule has 0 spiro atoms. The first-order chi connectivity index (χ1) is 10.0. The van der Waals surface area contributed by atoms with Crippen LogP contribution in [-0.4, -0.2) is 36.2 Å². The Hall–Kier alpha value is -1.62. The molecule has 0 saturated carbocycles. The van der Waals surface area contributed by atoms with Gasteiger partial charge in [-0.3, -0.25) is 9.69 Å². The lowest BCUT2D eigenvalue weighted by molar-refractivity contribution is -0.148. The van der Waals surface area contributed by atoms with Gasteiger partial charge in [-0.25, -0.2) is 4.39 Å². The summed E-state index contributed by atoms with van der Waals surface area (Å²) in [6.07, 6.45) is 2.21. The molecule has 116 valence electrons. The van der Waals surface area contributed by atoms with Gasteiger partial charge in [0.15, 0.2) is 11.6 Å². The Morgan fingerprint density at radius 3 is 2.86 bits per heavy atom. The number of likely N-dealkylation sites (tertiary alicyclic amines) is 1. The fraction of sp³-hybridized carbons (Fsp3) is 0.562. The molecule has 5 heteroatoms. The smallest absolute Gasteiger partial charge is 0.310 e. The highest BCUT2D eigenvalue weighted by Gasteiger charge is 2.43. The molecule has 1 saturated heterocycles. The molecule has 1 heterocycles. The largest absolute Gasteiger partial charge is 0.494 e. The second-order valence-electron chi connectivity index (χ2n) is 5.77. The van der Waals surface area contributed by atoms with Crippen LogP contribution in [-0.2, 0) is 11.3 Å². The van der Waals surface area contributed by atoms with Gasteiger partial charge < -0.3 is 9.84 Å². The number of benzene rings is 1. The number of carboxylic acid groups (broad SMARTS) is 1. The van der Waals surface area contributed by atoms with Crippen LogP contribution < -0.4 is 4.74 Å². The summed E-state index contributed by atoms with van der Waals surface area (Å²) in [5.41, 5.74) is 0.200. The molecule has 0 aliphatic carbocycles. The molecule has 1 fully saturated rings. The van der Waals surface area contributed by atoms with Gasteiger partial charge in [0, 0.05) is 13.1 Å². The number of aliphatic carboxylic acids is 1. The number of ether oxygens (including phenoxy) is 1. The monoisotopic (exact) mass is 295 g/mol. The van der Waals surface area contributed by atoms with Crippen molar-refractivity contribution in [3.8, 4) is 5.75 Å². The van der Waals surface area contributed by atoms with Gasteiger partial charge in [-0.1, -0.05) is 19.4 Å². The van der Waals surface area contributed by atoms with Gasteiger partial charge >= 0.3 is 5.97 Å². The molecule has 1 aromatic rings. The van der Waals surface area contributed by atoms with Crippen LogP contribution in [0.2, 0.25) is 0 Å². The Kier molecular flexibility index (Phi) is 4.83. The van der Waals surface area contributed by atoms with Gasteiger partial charge in [0.1, 0.15) is 0 Å². The Bertz CT molecular complexity index is 520. The van der Waals surface area contributed by atoms with Crippen molar-refractivity contribution in [2.45, 2.75) is 32.7 Å². The normalized spacial score (nSPS) is 22.4. The molecule has 0 bridgehead atoms. The topological polar surface area (TPSA) is 49.8 Å². The van der Waals surface area contributed by atoms with Crippen molar-refractivity contribution in [3.05, 3.63) is 29.6 Å². The molecule has 1 aromatic carbocycles. The summed E-state index contributed by atoms with van der Waals surface area (Å²) in [5, 5.41) is 9.49. The molecule has 1 unspecified atom stereocenters. The van der Waals surface area contributed by atoms with Gasteiger partial charge in [-0.2, -0.15) is 0 Å². The van der Waals surface area contributed by atoms with Gasteiger partial charge in [0.25, 0.3) is 0 Å². The minimum atomic E-state index is -0.715. The zero-order chi connectivity index (χ0) is 15.5. The summed E-state index contributed by atoms with van der Waals surface area (Å²) in [4.78, 5) is 13.6. The van der Waals surface area contributed by atoms with Crippen LogP contribution in [0.3, 0.4) is 0 Å². The Balaban J connectivity index is 2.05. The third-order valence-corrected chi connectivity index (χ3v) is 4.24. The zero-order valence-corrected chi connectivity index (χ0v) is 12.6. The third kappa shape index (κ3) is 3.35. The zero-order valence-electron chi connectivity index (χ0n) is 12.6. The van der Waals surface area contributed by atoms with E-state index >= 15 is 0 Å². The number of methoxy groups -OCH3 is 1. The van der Waals surface area contributed by atoms with Crippen LogP contribution in [0.5, 0.6) is 5.75 Å². The third-order valence-electron chi connectivity index (χ3n) is 4.24. The number of rotatable bonds is 6. The van der Waals surface area contributed by atoms with Crippen molar-refractivity contribution in [2.24, 2.45) is 5.41 Å². The molecule has 4 nitrogen and oxygen atoms in total. The quantitative estimate of drug-likeness (QED) is 0.876. The minimum Gasteiger partial charge on any atom is -0.494 e. The average molecular weight is 295 g/mol. The first-order valence-corrected chi connectivity index (χ1v) is 7.29. The Morgan fingerprint density at radius 2 is 2.29 bits per heavy atom. The lowest BCUT2D eigenvalue weighted by atomic mass is 9.83. The van der Waals surface area contributed by atoms with Crippen LogP contribution in [0, 0.1) is 11.2 Å². The number of hydrogen-bond donors (Lipinski definition) is 1. The summed E-state index contributed by atoms with van der Waals surface area (Å²) in [6, 6.07) is 4.89. The number of carbonyl (C=O) groups is 1. The Labute approximate surface area is 124 Å². The van der Waals surface area contributed by atoms with Crippen molar-refractivity contribution >= 4 is 5.97 Å². The van der Waals surface area contributed by atoms with Crippen molar-refractivity contribution in [3.63, 3.8) is 0 Å². The SMILES string of the molecule is CCCC1(C(=O)O)CCN(Cc2ccc(OC)c(F)c2)C1. The number of nitrogens with zero attached hydrogens (tertiary/aromatic N) is 1. The van der Waals surface area contributed by atoms with E-state index in [0.717, 1.165) is 18.5 Å². The Morgan fingerprint density at radius 1 is 1.52 bits per heavy atom. The van der Waals surface area contributed by atoms with Crippen molar-refractivity contribution < 1.29 is 19.0 Å². The first kappa shape index (κ1) is 15.8. The molecule has 0 aromatic heterocycles. The highest BCUT2D eigenvalue weighted by molar-refractivity contribution is 5.75. The maximum absolute atomic E-state index is 13.7. The van der Waals surface area contributed by atoms with Crippen LogP contribution in [0.1, 0.15) is 31.7 Å². The summed E-state index contributed by atoms with van der Waals surface area (Å²) >= 11 is 0. The molecule has 1 aliphatic rings. The molecule has 0 radical (unpaired) electrons. The molecular formula is C16H22FNO3. The van der Waals surface area contributed by atoms with Gasteiger partial charge in [-0.05, 0) is 37.1 Å². The predicted octanol–water partition coefficient (Wildman–Crippen LogP) is 2.91. The number of carboxylic acids is 1. The van der Waals surface area contributed by atoms with Gasteiger partial charge in [0.2, 0.25) is 0 Å². The molecular weight excluding hydrogens is 273 g/mol. The van der Waals surface area contributed by atoms with E-state index < -0.39 is 11.4 Å². The number of halogens is 1. The molecule has 1 atom stereocenters. The fourth-order valence-electron chi connectivity index (χ4n) is 3.12. The van der Waals surface area contributed by atoms with Crippen molar-refractivity contribution in [2.75, 3.05) is 20.2 Å². The van der Waals surface area contributed by atoms with Crippen molar-refractivity contribution in [1.82, 2.24) is 4.90 Å². The highest BCUT2D eigenvalue weighted by Crippen LogP contribution is 2.36. The van der Waals surface area contributed by atoms with E-state index in [9.17, 15) is 14.3 Å². The van der Waals surface area contributed by atoms with Gasteiger partial charge in [0.05, 0.1) is 12.5 Å². The van der Waals surface area contributed by atoms with E-state index in [4.69, 9.17) is 4.74 Å². The van der Waals surface area contributed by atoms with Crippen LogP contribution in [0.15, 0.2) is 18.2 Å². The van der Waals surface area contributed by atoms with Crippen LogP contribution >= 0.6 is 0 Å². The second-order valence-corrected chi connectivity index (χ2v) is 5.77. The first-order valence-electron chi connectivity index (χ1n) is 7.29. The molecule has 21 heavy (non-hydrogen) atoms. The van der Waals surface area contributed by atoms with E-state index in [-0.39, 0.29) is 11.6 Å². The fourth-order valence-corrected chi connectivity index (χ4v) is 3.12. The lowest BCUT2D eigenvalue weighted by Crippen LogP contribution is -2.34. The second kappa shape index (κ2) is 6.43. The maximum Gasteiger partial charge on any atom is 0.310 e. The van der Waals surface area contributed by atoms with E-state index in [2.05, 4.69) is 4.90 Å². The van der Waals surface area contributed by atoms with E-state index in [1.54, 1.807) is 6.07 Å². The average Bonchev–Trinajstić information content (AvgIpc) is 2.84. The molecule has 2 rings (SSSR count). The van der Waals surface area contributed by atoms with Crippen LogP contribution in [0.4, 0.5) is 4.39 Å². The summed E-state index contributed by atoms with van der Waals surface area (Å²) < 4.78 is 18.6. The number of hydrogen-bond acceptors (Lipinski definition) is 3. The molecule has 1 N–H and O–H groups in total. The lowest BCUT2D eigenvalue weighted by Gasteiger charge is -2.24. The maximum atomic E-state index is 13.7. The predicted molar refractivity (Wildman–Crippen MR) is 77.8 cm³/mol. The van der Waals surface area contributed by atoms with Gasteiger partial charge in [-0.15, -0.1) is 0 Å². The summed E-state index contributed by atoms with van der Waals surface area (Å²) in [6.45, 7) is 3.84. The van der Waals surface area contributed by atoms with E-state index in [1.807, 2.05) is 13.0 Å². The summed E-state index contributed by atoms with van der Waals surface area (Å²) in [7, 11) is 1.44. The van der Waals surface area contributed by atoms with E-state index in [1.165, 1.54) is 13.2 Å². The summed E-state index contributed by atoms with van der Waals surface area (Å²) in [5.74, 6) is -0.869. The molecule has 0 amide bonds. The molecule has 1 aliphatic heterocycles.